The maximum absolute atomic E-state index is 12.6. The molecule has 2 aliphatic rings. The smallest absolute Gasteiger partial charge is 0.271 e. The van der Waals surface area contributed by atoms with E-state index in [9.17, 15) is 19.7 Å². The second kappa shape index (κ2) is 7.28. The van der Waals surface area contributed by atoms with E-state index in [1.807, 2.05) is 6.92 Å². The number of nitrogens with two attached hydrogens (primary N) is 1. The first kappa shape index (κ1) is 18.1. The van der Waals surface area contributed by atoms with Gasteiger partial charge in [-0.2, -0.15) is 0 Å². The minimum absolute atomic E-state index is 0.0977. The van der Waals surface area contributed by atoms with Crippen LogP contribution in [0.2, 0.25) is 0 Å². The highest BCUT2D eigenvalue weighted by Gasteiger charge is 2.32. The second-order valence-electron chi connectivity index (χ2n) is 6.76. The minimum atomic E-state index is -0.544. The van der Waals surface area contributed by atoms with Gasteiger partial charge < -0.3 is 15.4 Å². The molecule has 3 rings (SSSR count). The molecular formula is C17H22N4O5. The van der Waals surface area contributed by atoms with Crippen molar-refractivity contribution in [2.45, 2.75) is 25.8 Å². The van der Waals surface area contributed by atoms with Crippen LogP contribution in [0.25, 0.3) is 0 Å². The molecule has 2 aliphatic heterocycles. The SMILES string of the molecule is CC(N)C1CCN(C(=O)CN2C(=O)COc3ccc([N+](=O)[O-])cc32)CC1. The third-order valence-electron chi connectivity index (χ3n) is 5.03. The summed E-state index contributed by atoms with van der Waals surface area (Å²) in [4.78, 5) is 38.3. The van der Waals surface area contributed by atoms with Gasteiger partial charge in [0, 0.05) is 31.3 Å². The highest BCUT2D eigenvalue weighted by atomic mass is 16.6. The number of nitro groups is 1. The summed E-state index contributed by atoms with van der Waals surface area (Å²) in [6.45, 7) is 2.83. The van der Waals surface area contributed by atoms with Gasteiger partial charge in [-0.1, -0.05) is 0 Å². The van der Waals surface area contributed by atoms with E-state index in [-0.39, 0.29) is 36.5 Å². The summed E-state index contributed by atoms with van der Waals surface area (Å²) < 4.78 is 5.32. The van der Waals surface area contributed by atoms with Crippen molar-refractivity contribution in [3.8, 4) is 5.75 Å². The Bertz CT molecular complexity index is 728. The van der Waals surface area contributed by atoms with Gasteiger partial charge >= 0.3 is 0 Å². The van der Waals surface area contributed by atoms with Crippen LogP contribution in [0.5, 0.6) is 5.75 Å². The molecule has 0 aliphatic carbocycles. The van der Waals surface area contributed by atoms with Crippen molar-refractivity contribution in [2.75, 3.05) is 31.1 Å². The number of rotatable bonds is 4. The number of carbonyl (C=O) groups is 2. The molecule has 26 heavy (non-hydrogen) atoms. The van der Waals surface area contributed by atoms with Crippen molar-refractivity contribution in [1.29, 1.82) is 0 Å². The fourth-order valence-corrected chi connectivity index (χ4v) is 3.39. The summed E-state index contributed by atoms with van der Waals surface area (Å²) in [6.07, 6.45) is 1.67. The van der Waals surface area contributed by atoms with E-state index in [2.05, 4.69) is 0 Å². The first-order valence-corrected chi connectivity index (χ1v) is 8.61. The Morgan fingerprint density at radius 1 is 1.42 bits per heavy atom. The number of hydrogen-bond acceptors (Lipinski definition) is 6. The lowest BCUT2D eigenvalue weighted by Crippen LogP contribution is -2.49. The molecule has 0 bridgehead atoms. The topological polar surface area (TPSA) is 119 Å². The Labute approximate surface area is 150 Å². The van der Waals surface area contributed by atoms with Crippen LogP contribution < -0.4 is 15.4 Å². The number of anilines is 1. The summed E-state index contributed by atoms with van der Waals surface area (Å²) in [5.41, 5.74) is 6.03. The van der Waals surface area contributed by atoms with Crippen LogP contribution in [-0.2, 0) is 9.59 Å². The Morgan fingerprint density at radius 3 is 2.73 bits per heavy atom. The Hall–Kier alpha value is -2.68. The molecular weight excluding hydrogens is 340 g/mol. The van der Waals surface area contributed by atoms with Crippen LogP contribution in [0, 0.1) is 16.0 Å². The number of ether oxygens (including phenoxy) is 1. The van der Waals surface area contributed by atoms with Crippen molar-refractivity contribution in [1.82, 2.24) is 4.90 Å². The molecule has 0 radical (unpaired) electrons. The van der Waals surface area contributed by atoms with Crippen LogP contribution in [0.1, 0.15) is 19.8 Å². The van der Waals surface area contributed by atoms with E-state index in [4.69, 9.17) is 10.5 Å². The lowest BCUT2D eigenvalue weighted by Gasteiger charge is -2.35. The molecule has 1 unspecified atom stereocenters. The van der Waals surface area contributed by atoms with Crippen molar-refractivity contribution >= 4 is 23.2 Å². The fourth-order valence-electron chi connectivity index (χ4n) is 3.39. The van der Waals surface area contributed by atoms with Crippen LogP contribution in [0.4, 0.5) is 11.4 Å². The zero-order valence-corrected chi connectivity index (χ0v) is 14.6. The molecule has 0 spiro atoms. The number of likely N-dealkylation sites (tertiary alicyclic amines) is 1. The predicted molar refractivity (Wildman–Crippen MR) is 93.9 cm³/mol. The highest BCUT2D eigenvalue weighted by Crippen LogP contribution is 2.35. The number of benzene rings is 1. The van der Waals surface area contributed by atoms with Crippen LogP contribution in [0.15, 0.2) is 18.2 Å². The normalized spacial score (nSPS) is 18.9. The van der Waals surface area contributed by atoms with E-state index in [1.165, 1.54) is 23.1 Å². The lowest BCUT2D eigenvalue weighted by atomic mass is 9.91. The number of amides is 2. The van der Waals surface area contributed by atoms with Crippen molar-refractivity contribution in [3.05, 3.63) is 28.3 Å². The number of fused-ring (bicyclic) bond motifs is 1. The fraction of sp³-hybridized carbons (Fsp3) is 0.529. The van der Waals surface area contributed by atoms with E-state index in [0.717, 1.165) is 12.8 Å². The molecule has 1 saturated heterocycles. The number of piperidine rings is 1. The average Bonchev–Trinajstić information content (AvgIpc) is 2.63. The quantitative estimate of drug-likeness (QED) is 0.628. The second-order valence-corrected chi connectivity index (χ2v) is 6.76. The van der Waals surface area contributed by atoms with Crippen molar-refractivity contribution in [2.24, 2.45) is 11.7 Å². The molecule has 1 atom stereocenters. The molecule has 9 nitrogen and oxygen atoms in total. The molecule has 1 aromatic carbocycles. The van der Waals surface area contributed by atoms with Gasteiger partial charge in [0.2, 0.25) is 5.91 Å². The third kappa shape index (κ3) is 3.62. The van der Waals surface area contributed by atoms with Gasteiger partial charge in [0.25, 0.3) is 11.6 Å². The first-order valence-electron chi connectivity index (χ1n) is 8.61. The number of nitro benzene ring substituents is 1. The van der Waals surface area contributed by atoms with Crippen molar-refractivity contribution in [3.63, 3.8) is 0 Å². The predicted octanol–water partition coefficient (Wildman–Crippen LogP) is 0.906. The molecule has 140 valence electrons. The van der Waals surface area contributed by atoms with Gasteiger partial charge in [0.15, 0.2) is 6.61 Å². The van der Waals surface area contributed by atoms with E-state index >= 15 is 0 Å². The van der Waals surface area contributed by atoms with Crippen LogP contribution in [0.3, 0.4) is 0 Å². The zero-order valence-electron chi connectivity index (χ0n) is 14.6. The summed E-state index contributed by atoms with van der Waals surface area (Å²) in [7, 11) is 0. The summed E-state index contributed by atoms with van der Waals surface area (Å²) in [5, 5.41) is 11.0. The molecule has 2 N–H and O–H groups in total. The van der Waals surface area contributed by atoms with Crippen LogP contribution in [-0.4, -0.2) is 53.9 Å². The molecule has 0 aromatic heterocycles. The third-order valence-corrected chi connectivity index (χ3v) is 5.03. The zero-order chi connectivity index (χ0) is 18.8. The molecule has 2 heterocycles. The molecule has 1 fully saturated rings. The maximum atomic E-state index is 12.6. The van der Waals surface area contributed by atoms with E-state index in [1.54, 1.807) is 4.90 Å². The Balaban J connectivity index is 1.73. The van der Waals surface area contributed by atoms with Gasteiger partial charge in [0.1, 0.15) is 12.3 Å². The van der Waals surface area contributed by atoms with Gasteiger partial charge in [-0.05, 0) is 31.7 Å². The molecule has 1 aromatic rings. The summed E-state index contributed by atoms with van der Waals surface area (Å²) in [6, 6.07) is 4.13. The average molecular weight is 362 g/mol. The standard InChI is InChI=1S/C17H22N4O5/c1-11(18)12-4-6-19(7-5-12)16(22)9-20-14-8-13(21(24)25)2-3-15(14)26-10-17(20)23/h2-3,8,11-12H,4-7,9-10,18H2,1H3. The molecule has 0 saturated carbocycles. The van der Waals surface area contributed by atoms with Crippen molar-refractivity contribution < 1.29 is 19.2 Å². The number of nitrogens with zero attached hydrogens (tertiary/aromatic N) is 3. The first-order chi connectivity index (χ1) is 12.4. The Kier molecular flexibility index (Phi) is 5.08. The summed E-state index contributed by atoms with van der Waals surface area (Å²) >= 11 is 0. The van der Waals surface area contributed by atoms with Gasteiger partial charge in [-0.25, -0.2) is 0 Å². The lowest BCUT2D eigenvalue weighted by molar-refractivity contribution is -0.384. The maximum Gasteiger partial charge on any atom is 0.271 e. The molecule has 9 heteroatoms. The number of hydrogen-bond donors (Lipinski definition) is 1. The van der Waals surface area contributed by atoms with E-state index in [0.29, 0.717) is 24.8 Å². The summed E-state index contributed by atoms with van der Waals surface area (Å²) in [5.74, 6) is 0.184. The number of non-ortho nitro benzene ring substituents is 1. The van der Waals surface area contributed by atoms with E-state index < -0.39 is 10.8 Å². The minimum Gasteiger partial charge on any atom is -0.482 e. The van der Waals surface area contributed by atoms with Gasteiger partial charge in [0.05, 0.1) is 10.6 Å². The van der Waals surface area contributed by atoms with Crippen LogP contribution >= 0.6 is 0 Å². The monoisotopic (exact) mass is 362 g/mol. The van der Waals surface area contributed by atoms with Gasteiger partial charge in [-0.15, -0.1) is 0 Å². The Morgan fingerprint density at radius 2 is 2.12 bits per heavy atom. The highest BCUT2D eigenvalue weighted by molar-refractivity contribution is 6.02. The number of carbonyl (C=O) groups excluding carboxylic acids is 2. The molecule has 2 amide bonds. The largest absolute Gasteiger partial charge is 0.482 e. The van der Waals surface area contributed by atoms with Gasteiger partial charge in [-0.3, -0.25) is 24.6 Å².